The lowest BCUT2D eigenvalue weighted by atomic mass is 10.1. The van der Waals surface area contributed by atoms with Crippen molar-refractivity contribution >= 4 is 34.2 Å². The molecule has 1 aromatic carbocycles. The van der Waals surface area contributed by atoms with Gasteiger partial charge in [-0.25, -0.2) is 5.43 Å². The van der Waals surface area contributed by atoms with E-state index in [2.05, 4.69) is 27.8 Å². The molecule has 1 amide bonds. The molecule has 1 aliphatic rings. The molecule has 0 bridgehead atoms. The summed E-state index contributed by atoms with van der Waals surface area (Å²) in [6.45, 7) is 6.38. The molecule has 21 heavy (non-hydrogen) atoms. The molecule has 2 rings (SSSR count). The zero-order valence-electron chi connectivity index (χ0n) is 12.5. The summed E-state index contributed by atoms with van der Waals surface area (Å²) in [7, 11) is 0. The zero-order chi connectivity index (χ0) is 15.2. The number of amides is 1. The molecule has 1 atom stereocenters. The highest BCUT2D eigenvalue weighted by Gasteiger charge is 2.17. The molecule has 0 aromatic heterocycles. The molecule has 0 aliphatic carbocycles. The van der Waals surface area contributed by atoms with E-state index in [0.717, 1.165) is 35.1 Å². The van der Waals surface area contributed by atoms with Gasteiger partial charge in [0.2, 0.25) is 5.91 Å². The summed E-state index contributed by atoms with van der Waals surface area (Å²) in [5.74, 6) is -0.172. The fraction of sp³-hybridized carbons (Fsp3) is 0.400. The van der Waals surface area contributed by atoms with Crippen molar-refractivity contribution in [3.8, 4) is 0 Å². The van der Waals surface area contributed by atoms with Gasteiger partial charge in [0.15, 0.2) is 5.17 Å². The summed E-state index contributed by atoms with van der Waals surface area (Å²) < 4.78 is 0. The number of aliphatic imine (C=N–C) groups is 1. The lowest BCUT2D eigenvalue weighted by Crippen LogP contribution is -2.15. The number of carbonyl (C=O) groups is 1. The number of benzene rings is 1. The third kappa shape index (κ3) is 4.60. The van der Waals surface area contributed by atoms with Crippen LogP contribution < -0.4 is 10.7 Å². The minimum absolute atomic E-state index is 0.172. The van der Waals surface area contributed by atoms with E-state index in [9.17, 15) is 4.79 Å². The van der Waals surface area contributed by atoms with E-state index in [1.165, 1.54) is 6.92 Å². The summed E-state index contributed by atoms with van der Waals surface area (Å²) in [6, 6.07) is 7.93. The highest BCUT2D eigenvalue weighted by Crippen LogP contribution is 2.24. The number of amidine groups is 1. The Morgan fingerprint density at radius 3 is 2.67 bits per heavy atom. The number of carbonyl (C=O) groups excluding carboxylic acids is 1. The van der Waals surface area contributed by atoms with Crippen molar-refractivity contribution in [1.82, 2.24) is 5.43 Å². The van der Waals surface area contributed by atoms with Crippen LogP contribution in [0.4, 0.5) is 5.69 Å². The first-order valence-corrected chi connectivity index (χ1v) is 7.86. The van der Waals surface area contributed by atoms with Crippen molar-refractivity contribution in [3.05, 3.63) is 29.8 Å². The van der Waals surface area contributed by atoms with Gasteiger partial charge in [-0.15, -0.1) is 0 Å². The van der Waals surface area contributed by atoms with E-state index >= 15 is 0 Å². The summed E-state index contributed by atoms with van der Waals surface area (Å²) in [4.78, 5) is 15.3. The Kier molecular flexibility index (Phi) is 5.38. The minimum atomic E-state index is -0.172. The summed E-state index contributed by atoms with van der Waals surface area (Å²) >= 11 is 1.79. The Morgan fingerprint density at radius 2 is 2.10 bits per heavy atom. The molecule has 5 nitrogen and oxygen atoms in total. The first-order valence-electron chi connectivity index (χ1n) is 6.98. The molecular weight excluding hydrogens is 284 g/mol. The van der Waals surface area contributed by atoms with Gasteiger partial charge in [0.25, 0.3) is 0 Å². The van der Waals surface area contributed by atoms with Crippen LogP contribution in [0.2, 0.25) is 0 Å². The second kappa shape index (κ2) is 7.26. The van der Waals surface area contributed by atoms with Gasteiger partial charge in [0.1, 0.15) is 0 Å². The normalized spacial score (nSPS) is 18.3. The fourth-order valence-electron chi connectivity index (χ4n) is 1.84. The van der Waals surface area contributed by atoms with Crippen LogP contribution in [0, 0.1) is 0 Å². The average molecular weight is 304 g/mol. The summed E-state index contributed by atoms with van der Waals surface area (Å²) in [5.41, 5.74) is 5.20. The Morgan fingerprint density at radius 1 is 1.38 bits per heavy atom. The van der Waals surface area contributed by atoms with Crippen LogP contribution in [0.5, 0.6) is 0 Å². The topological polar surface area (TPSA) is 65.8 Å². The van der Waals surface area contributed by atoms with E-state index in [4.69, 9.17) is 0 Å². The SMILES string of the molecule is CC[C@@H]1CN=C(Nc2ccc(/C(C)=N\NC(C)=O)cc2)S1. The van der Waals surface area contributed by atoms with Gasteiger partial charge in [-0.2, -0.15) is 5.10 Å². The maximum Gasteiger partial charge on any atom is 0.236 e. The number of nitrogens with one attached hydrogen (secondary N) is 2. The fourth-order valence-corrected chi connectivity index (χ4v) is 2.80. The van der Waals surface area contributed by atoms with Crippen molar-refractivity contribution in [1.29, 1.82) is 0 Å². The highest BCUT2D eigenvalue weighted by molar-refractivity contribution is 8.15. The lowest BCUT2D eigenvalue weighted by molar-refractivity contribution is -0.118. The zero-order valence-corrected chi connectivity index (χ0v) is 13.3. The molecule has 1 aromatic rings. The third-order valence-electron chi connectivity index (χ3n) is 3.11. The molecule has 112 valence electrons. The Hall–Kier alpha value is -1.82. The molecule has 1 aliphatic heterocycles. The summed E-state index contributed by atoms with van der Waals surface area (Å²) in [5, 5.41) is 8.92. The Balaban J connectivity index is 1.96. The van der Waals surface area contributed by atoms with Crippen molar-refractivity contribution in [2.75, 3.05) is 11.9 Å². The highest BCUT2D eigenvalue weighted by atomic mass is 32.2. The number of hydrogen-bond acceptors (Lipinski definition) is 5. The predicted octanol–water partition coefficient (Wildman–Crippen LogP) is 2.84. The van der Waals surface area contributed by atoms with E-state index < -0.39 is 0 Å². The Bertz CT molecular complexity index is 566. The number of rotatable bonds is 4. The monoisotopic (exact) mass is 304 g/mol. The lowest BCUT2D eigenvalue weighted by Gasteiger charge is -2.08. The second-order valence-electron chi connectivity index (χ2n) is 4.86. The molecule has 6 heteroatoms. The number of thioether (sulfide) groups is 1. The number of anilines is 1. The van der Waals surface area contributed by atoms with E-state index in [1.54, 1.807) is 11.8 Å². The first-order chi connectivity index (χ1) is 10.1. The second-order valence-corrected chi connectivity index (χ2v) is 6.15. The van der Waals surface area contributed by atoms with Crippen LogP contribution in [0.25, 0.3) is 0 Å². The van der Waals surface area contributed by atoms with Crippen molar-refractivity contribution in [3.63, 3.8) is 0 Å². The van der Waals surface area contributed by atoms with Gasteiger partial charge >= 0.3 is 0 Å². The van der Waals surface area contributed by atoms with Gasteiger partial charge in [-0.3, -0.25) is 9.79 Å². The van der Waals surface area contributed by atoms with E-state index in [0.29, 0.717) is 5.25 Å². The predicted molar refractivity (Wildman–Crippen MR) is 90.1 cm³/mol. The number of nitrogens with zero attached hydrogens (tertiary/aromatic N) is 2. The molecule has 0 saturated carbocycles. The molecule has 0 saturated heterocycles. The smallest absolute Gasteiger partial charge is 0.236 e. The standard InChI is InChI=1S/C15H20N4OS/c1-4-14-9-16-15(21-14)17-13-7-5-12(6-8-13)10(2)18-19-11(3)20/h5-8,14H,4,9H2,1-3H3,(H,16,17)(H,19,20)/b18-10-/t14-/m1/s1. The molecule has 2 N–H and O–H groups in total. The van der Waals surface area contributed by atoms with Crippen LogP contribution in [0.3, 0.4) is 0 Å². The maximum atomic E-state index is 10.8. The van der Waals surface area contributed by atoms with Gasteiger partial charge in [-0.1, -0.05) is 30.8 Å². The van der Waals surface area contributed by atoms with Crippen LogP contribution in [0.1, 0.15) is 32.8 Å². The average Bonchev–Trinajstić information content (AvgIpc) is 2.93. The first kappa shape index (κ1) is 15.6. The molecular formula is C15H20N4OS. The van der Waals surface area contributed by atoms with Crippen molar-refractivity contribution in [2.45, 2.75) is 32.4 Å². The van der Waals surface area contributed by atoms with Crippen molar-refractivity contribution in [2.24, 2.45) is 10.1 Å². The van der Waals surface area contributed by atoms with Gasteiger partial charge in [0.05, 0.1) is 12.3 Å². The molecule has 1 heterocycles. The van der Waals surface area contributed by atoms with Crippen LogP contribution in [-0.4, -0.2) is 28.6 Å². The van der Waals surface area contributed by atoms with Crippen molar-refractivity contribution < 1.29 is 4.79 Å². The van der Waals surface area contributed by atoms with E-state index in [1.807, 2.05) is 31.2 Å². The molecule has 0 fully saturated rings. The van der Waals surface area contributed by atoms with Crippen LogP contribution in [0.15, 0.2) is 34.4 Å². The van der Waals surface area contributed by atoms with Gasteiger partial charge < -0.3 is 5.32 Å². The minimum Gasteiger partial charge on any atom is -0.335 e. The molecule has 0 unspecified atom stereocenters. The molecule has 0 radical (unpaired) electrons. The van der Waals surface area contributed by atoms with Crippen LogP contribution >= 0.6 is 11.8 Å². The maximum absolute atomic E-state index is 10.8. The van der Waals surface area contributed by atoms with Gasteiger partial charge in [0, 0.05) is 17.9 Å². The largest absolute Gasteiger partial charge is 0.335 e. The number of hydrazone groups is 1. The quantitative estimate of drug-likeness (QED) is 0.664. The summed E-state index contributed by atoms with van der Waals surface area (Å²) in [6.07, 6.45) is 1.14. The van der Waals surface area contributed by atoms with Crippen LogP contribution in [-0.2, 0) is 4.79 Å². The van der Waals surface area contributed by atoms with E-state index in [-0.39, 0.29) is 5.91 Å². The third-order valence-corrected chi connectivity index (χ3v) is 4.38. The van der Waals surface area contributed by atoms with Gasteiger partial charge in [-0.05, 0) is 31.0 Å². The Labute approximate surface area is 129 Å². The molecule has 0 spiro atoms. The number of hydrogen-bond donors (Lipinski definition) is 2.